The molecule has 0 spiro atoms. The van der Waals surface area contributed by atoms with Crippen molar-refractivity contribution in [2.24, 2.45) is 0 Å². The molecule has 1 aromatic heterocycles. The van der Waals surface area contributed by atoms with Crippen LogP contribution in [-0.2, 0) is 13.0 Å². The molecule has 38 heavy (non-hydrogen) atoms. The van der Waals surface area contributed by atoms with Gasteiger partial charge >= 0.3 is 0 Å². The van der Waals surface area contributed by atoms with Gasteiger partial charge in [0.05, 0.1) is 12.7 Å². The Bertz CT molecular complexity index is 805. The summed E-state index contributed by atoms with van der Waals surface area (Å²) in [6.45, 7) is 3.75. The van der Waals surface area contributed by atoms with Gasteiger partial charge in [-0.3, -0.25) is 0 Å². The Morgan fingerprint density at radius 2 is 1.21 bits per heavy atom. The van der Waals surface area contributed by atoms with Gasteiger partial charge in [0.15, 0.2) is 12.4 Å². The van der Waals surface area contributed by atoms with Gasteiger partial charge < -0.3 is 4.90 Å². The van der Waals surface area contributed by atoms with Crippen LogP contribution in [-0.4, -0.2) is 13.1 Å². The Morgan fingerprint density at radius 1 is 0.605 bits per heavy atom. The van der Waals surface area contributed by atoms with Crippen LogP contribution >= 0.6 is 0 Å². The number of hydrogen-bond donors (Lipinski definition) is 1. The van der Waals surface area contributed by atoms with Gasteiger partial charge in [-0.15, -0.1) is 0 Å². The maximum absolute atomic E-state index is 2.44. The molecule has 4 bridgehead atoms. The summed E-state index contributed by atoms with van der Waals surface area (Å²) >= 11 is 0. The van der Waals surface area contributed by atoms with Crippen molar-refractivity contribution in [2.75, 3.05) is 13.1 Å². The minimum absolute atomic E-state index is 1.18. The summed E-state index contributed by atoms with van der Waals surface area (Å²) in [6, 6.07) is 4.58. The first-order chi connectivity index (χ1) is 18.9. The first kappa shape index (κ1) is 30.9. The van der Waals surface area contributed by atoms with Gasteiger partial charge in [-0.1, -0.05) is 82.4 Å². The molecule has 0 fully saturated rings. The molecule has 212 valence electrons. The summed E-state index contributed by atoms with van der Waals surface area (Å²) in [6.07, 6.45) is 46.8. The predicted molar refractivity (Wildman–Crippen MR) is 164 cm³/mol. The van der Waals surface area contributed by atoms with Crippen LogP contribution in [0.1, 0.15) is 140 Å². The van der Waals surface area contributed by atoms with E-state index in [1.54, 1.807) is 10.5 Å². The molecule has 2 aliphatic rings. The summed E-state index contributed by atoms with van der Waals surface area (Å²) in [5.74, 6) is 0. The molecule has 1 atom stereocenters. The second-order valence-corrected chi connectivity index (χ2v) is 12.1. The molecule has 3 heterocycles. The van der Waals surface area contributed by atoms with Crippen LogP contribution in [0.2, 0.25) is 0 Å². The highest BCUT2D eigenvalue weighted by Gasteiger charge is 2.11. The second-order valence-electron chi connectivity index (χ2n) is 12.1. The van der Waals surface area contributed by atoms with E-state index in [1.165, 1.54) is 166 Å². The Balaban J connectivity index is 1.34. The number of fused-ring (bicyclic) bond motifs is 4. The van der Waals surface area contributed by atoms with Crippen molar-refractivity contribution in [2.45, 2.75) is 148 Å². The van der Waals surface area contributed by atoms with Crippen molar-refractivity contribution in [3.63, 3.8) is 0 Å². The molecule has 0 aromatic carbocycles. The van der Waals surface area contributed by atoms with E-state index in [0.29, 0.717) is 0 Å². The highest BCUT2D eigenvalue weighted by Crippen LogP contribution is 2.14. The van der Waals surface area contributed by atoms with E-state index in [2.05, 4.69) is 59.6 Å². The summed E-state index contributed by atoms with van der Waals surface area (Å²) < 4.78 is 2.43. The topological polar surface area (TPSA) is 8.32 Å². The van der Waals surface area contributed by atoms with Gasteiger partial charge in [0.1, 0.15) is 13.1 Å². The van der Waals surface area contributed by atoms with Crippen molar-refractivity contribution in [1.29, 1.82) is 0 Å². The molecule has 1 unspecified atom stereocenters. The maximum atomic E-state index is 2.44. The van der Waals surface area contributed by atoms with Crippen LogP contribution in [0, 0.1) is 0 Å². The molecular weight excluding hydrogens is 460 g/mol. The number of rotatable bonds is 0. The van der Waals surface area contributed by atoms with E-state index in [0.717, 1.165) is 0 Å². The van der Waals surface area contributed by atoms with E-state index in [4.69, 9.17) is 0 Å². The third-order valence-electron chi connectivity index (χ3n) is 8.57. The highest BCUT2D eigenvalue weighted by atomic mass is 15.1. The van der Waals surface area contributed by atoms with Crippen molar-refractivity contribution >= 4 is 0 Å². The SMILES string of the molecule is C1=C[NH+]2CCCCCCCCCCCCc3ccc[n+](c3)CCCCCCC=CCCCCCCC(=C1)C2. The molecule has 0 aliphatic carbocycles. The minimum atomic E-state index is 1.18. The van der Waals surface area contributed by atoms with Crippen molar-refractivity contribution in [1.82, 2.24) is 0 Å². The smallest absolute Gasteiger partial charge is 0.171 e. The Kier molecular flexibility index (Phi) is 17.2. The quantitative estimate of drug-likeness (QED) is 0.259. The molecule has 1 N–H and O–H groups in total. The number of pyridine rings is 1. The van der Waals surface area contributed by atoms with Crippen LogP contribution in [0.5, 0.6) is 0 Å². The standard InChI is InChI=1S/C36H59N2/c1-2-5-9-13-17-21-29-37-31-24-28-36(34-37)26-20-16-12-8-4-6-10-14-18-22-30-38-32-23-27-35(33-38)25-19-15-11-7-3-1/h1-2,23-24,27-28,31-32,34H,3-22,25-26,29-30,33H2/q+1/p+1. The van der Waals surface area contributed by atoms with Crippen LogP contribution < -0.4 is 9.47 Å². The average molecular weight is 521 g/mol. The average Bonchev–Trinajstić information content (AvgIpc) is 2.94. The summed E-state index contributed by atoms with van der Waals surface area (Å²) in [5, 5.41) is 0. The molecule has 0 saturated carbocycles. The van der Waals surface area contributed by atoms with E-state index in [9.17, 15) is 0 Å². The Hall–Kier alpha value is -1.67. The molecule has 2 aliphatic heterocycles. The molecule has 0 amide bonds. The Morgan fingerprint density at radius 3 is 1.95 bits per heavy atom. The summed E-state index contributed by atoms with van der Waals surface area (Å²) in [4.78, 5) is 1.68. The van der Waals surface area contributed by atoms with Crippen LogP contribution in [0.25, 0.3) is 0 Å². The van der Waals surface area contributed by atoms with Gasteiger partial charge in [-0.25, -0.2) is 4.57 Å². The lowest BCUT2D eigenvalue weighted by Gasteiger charge is -2.19. The van der Waals surface area contributed by atoms with Crippen molar-refractivity contribution in [3.8, 4) is 0 Å². The fourth-order valence-electron chi connectivity index (χ4n) is 6.15. The van der Waals surface area contributed by atoms with E-state index < -0.39 is 0 Å². The fraction of sp³-hybridized carbons (Fsp3) is 0.694. The van der Waals surface area contributed by atoms with Crippen LogP contribution in [0.3, 0.4) is 0 Å². The first-order valence-corrected chi connectivity index (χ1v) is 16.7. The van der Waals surface area contributed by atoms with Crippen molar-refractivity contribution < 1.29 is 9.47 Å². The molecule has 3 rings (SSSR count). The fourth-order valence-corrected chi connectivity index (χ4v) is 6.15. The first-order valence-electron chi connectivity index (χ1n) is 16.7. The number of aryl methyl sites for hydroxylation is 2. The van der Waals surface area contributed by atoms with Gasteiger partial charge in [0, 0.05) is 18.1 Å². The lowest BCUT2D eigenvalue weighted by atomic mass is 10.0. The maximum Gasteiger partial charge on any atom is 0.171 e. The molecule has 1 aromatic rings. The van der Waals surface area contributed by atoms with Crippen molar-refractivity contribution in [3.05, 3.63) is 66.2 Å². The minimum Gasteiger partial charge on any atom is -0.305 e. The number of quaternary nitrogens is 1. The zero-order valence-electron chi connectivity index (χ0n) is 24.8. The molecule has 2 heteroatoms. The largest absolute Gasteiger partial charge is 0.305 e. The van der Waals surface area contributed by atoms with Gasteiger partial charge in [-0.2, -0.15) is 0 Å². The summed E-state index contributed by atoms with van der Waals surface area (Å²) in [5.41, 5.74) is 3.21. The van der Waals surface area contributed by atoms with Crippen LogP contribution in [0.4, 0.5) is 0 Å². The normalized spacial score (nSPS) is 23.5. The van der Waals surface area contributed by atoms with E-state index in [1.807, 2.05) is 0 Å². The number of hydrogen-bond acceptors (Lipinski definition) is 0. The van der Waals surface area contributed by atoms with Gasteiger partial charge in [-0.05, 0) is 88.3 Å². The third kappa shape index (κ3) is 15.1. The highest BCUT2D eigenvalue weighted by molar-refractivity contribution is 5.14. The molecule has 0 saturated heterocycles. The number of aromatic nitrogens is 1. The number of allylic oxidation sites excluding steroid dienone is 4. The lowest BCUT2D eigenvalue weighted by Crippen LogP contribution is -3.08. The van der Waals surface area contributed by atoms with E-state index >= 15 is 0 Å². The van der Waals surface area contributed by atoms with E-state index in [-0.39, 0.29) is 0 Å². The van der Waals surface area contributed by atoms with Gasteiger partial charge in [0.25, 0.3) is 0 Å². The van der Waals surface area contributed by atoms with Crippen LogP contribution in [0.15, 0.2) is 60.6 Å². The Labute approximate surface area is 236 Å². The molecular formula is C36H60N2+2. The monoisotopic (exact) mass is 520 g/mol. The predicted octanol–water partition coefficient (Wildman–Crippen LogP) is 8.62. The summed E-state index contributed by atoms with van der Waals surface area (Å²) in [7, 11) is 0. The number of nitrogens with zero attached hydrogens (tertiary/aromatic N) is 1. The zero-order valence-corrected chi connectivity index (χ0v) is 24.8. The van der Waals surface area contributed by atoms with Gasteiger partial charge in [0.2, 0.25) is 0 Å². The zero-order chi connectivity index (χ0) is 26.4. The molecule has 2 nitrogen and oxygen atoms in total. The second kappa shape index (κ2) is 21.2. The molecule has 0 radical (unpaired) electrons. The lowest BCUT2D eigenvalue weighted by molar-refractivity contribution is -0.842. The number of nitrogens with one attached hydrogen (secondary N) is 1. The third-order valence-corrected chi connectivity index (χ3v) is 8.57.